The Bertz CT molecular complexity index is 569. The van der Waals surface area contributed by atoms with Gasteiger partial charge in [-0.2, -0.15) is 11.8 Å². The van der Waals surface area contributed by atoms with E-state index in [1.165, 1.54) is 17.8 Å². The molecule has 1 heterocycles. The number of hydrogen-bond donors (Lipinski definition) is 2. The molecule has 1 aliphatic carbocycles. The van der Waals surface area contributed by atoms with Crippen molar-refractivity contribution in [2.45, 2.75) is 55.3 Å². The van der Waals surface area contributed by atoms with Crippen LogP contribution in [0.5, 0.6) is 0 Å². The van der Waals surface area contributed by atoms with Crippen LogP contribution in [0.4, 0.5) is 0 Å². The molecule has 0 aromatic carbocycles. The molecule has 2 N–H and O–H groups in total. The number of thiophene rings is 1. The summed E-state index contributed by atoms with van der Waals surface area (Å²) in [4.78, 5) is 1.37. The molecule has 1 aromatic heterocycles. The molecule has 120 valence electrons. The summed E-state index contributed by atoms with van der Waals surface area (Å²) in [7, 11) is -1.60. The Morgan fingerprint density at radius 1 is 1.38 bits per heavy atom. The molecule has 0 bridgehead atoms. The third-order valence-electron chi connectivity index (χ3n) is 3.91. The fraction of sp³-hybridized carbons (Fsp3) is 0.714. The van der Waals surface area contributed by atoms with Crippen LogP contribution >= 0.6 is 23.1 Å². The van der Waals surface area contributed by atoms with Crippen LogP contribution in [0.2, 0.25) is 0 Å². The van der Waals surface area contributed by atoms with Gasteiger partial charge in [0, 0.05) is 22.7 Å². The zero-order valence-electron chi connectivity index (χ0n) is 12.8. The molecule has 7 heteroatoms. The van der Waals surface area contributed by atoms with E-state index in [-0.39, 0.29) is 6.04 Å². The largest absolute Gasteiger partial charge is 0.315 e. The number of aryl methyl sites for hydroxylation is 1. The molecule has 21 heavy (non-hydrogen) atoms. The highest BCUT2D eigenvalue weighted by Gasteiger charge is 2.31. The van der Waals surface area contributed by atoms with Gasteiger partial charge in [0.1, 0.15) is 4.90 Å². The van der Waals surface area contributed by atoms with Crippen LogP contribution in [0.1, 0.15) is 36.1 Å². The molecule has 4 nitrogen and oxygen atoms in total. The monoisotopic (exact) mass is 348 g/mol. The summed E-state index contributed by atoms with van der Waals surface area (Å²) >= 11 is 3.28. The smallest absolute Gasteiger partial charge is 0.242 e. The second-order valence-electron chi connectivity index (χ2n) is 5.49. The van der Waals surface area contributed by atoms with E-state index in [2.05, 4.69) is 16.3 Å². The van der Waals surface area contributed by atoms with Crippen LogP contribution in [-0.2, 0) is 16.6 Å². The lowest BCUT2D eigenvalue weighted by Gasteiger charge is -2.30. The van der Waals surface area contributed by atoms with Crippen molar-refractivity contribution in [1.29, 1.82) is 0 Å². The predicted octanol–water partition coefficient (Wildman–Crippen LogP) is 2.73. The average molecular weight is 349 g/mol. The summed E-state index contributed by atoms with van der Waals surface area (Å²) in [5.74, 6) is 0. The van der Waals surface area contributed by atoms with Gasteiger partial charge < -0.3 is 5.32 Å². The minimum Gasteiger partial charge on any atom is -0.315 e. The SMILES string of the molecule is CNCc1scc(C)c1S(=O)(=O)NC1CCCCC1SC. The summed E-state index contributed by atoms with van der Waals surface area (Å²) in [5.41, 5.74) is 0.842. The first-order chi connectivity index (χ1) is 9.99. The molecule has 0 radical (unpaired) electrons. The van der Waals surface area contributed by atoms with E-state index in [9.17, 15) is 8.42 Å². The second kappa shape index (κ2) is 7.46. The van der Waals surface area contributed by atoms with Gasteiger partial charge in [0.2, 0.25) is 10.0 Å². The van der Waals surface area contributed by atoms with Crippen molar-refractivity contribution >= 4 is 33.1 Å². The highest BCUT2D eigenvalue weighted by molar-refractivity contribution is 7.99. The first-order valence-electron chi connectivity index (χ1n) is 7.26. The Kier molecular flexibility index (Phi) is 6.14. The van der Waals surface area contributed by atoms with E-state index < -0.39 is 10.0 Å². The highest BCUT2D eigenvalue weighted by atomic mass is 32.2. The van der Waals surface area contributed by atoms with Crippen molar-refractivity contribution in [3.63, 3.8) is 0 Å². The minimum atomic E-state index is -3.44. The number of hydrogen-bond acceptors (Lipinski definition) is 5. The Morgan fingerprint density at radius 2 is 2.10 bits per heavy atom. The quantitative estimate of drug-likeness (QED) is 0.830. The van der Waals surface area contributed by atoms with Gasteiger partial charge in [-0.3, -0.25) is 0 Å². The van der Waals surface area contributed by atoms with Gasteiger partial charge in [-0.05, 0) is 44.0 Å². The molecule has 1 saturated carbocycles. The Balaban J connectivity index is 2.23. The highest BCUT2D eigenvalue weighted by Crippen LogP contribution is 2.31. The van der Waals surface area contributed by atoms with Gasteiger partial charge in [0.15, 0.2) is 0 Å². The minimum absolute atomic E-state index is 0.0560. The standard InChI is InChI=1S/C14H24N2O2S3/c1-10-9-20-13(8-15-2)14(10)21(17,18)16-11-6-4-5-7-12(11)19-3/h9,11-12,15-16H,4-8H2,1-3H3. The summed E-state index contributed by atoms with van der Waals surface area (Å²) < 4.78 is 28.6. The first-order valence-corrected chi connectivity index (χ1v) is 10.9. The van der Waals surface area contributed by atoms with E-state index in [4.69, 9.17) is 0 Å². The molecule has 0 saturated heterocycles. The molecule has 0 aliphatic heterocycles. The number of rotatable bonds is 6. The van der Waals surface area contributed by atoms with Gasteiger partial charge in [-0.25, -0.2) is 13.1 Å². The summed E-state index contributed by atoms with van der Waals surface area (Å²) in [6.07, 6.45) is 6.41. The van der Waals surface area contributed by atoms with Gasteiger partial charge in [0.25, 0.3) is 0 Å². The molecule has 1 fully saturated rings. The zero-order valence-corrected chi connectivity index (χ0v) is 15.3. The Labute approximate surface area is 136 Å². The summed E-state index contributed by atoms with van der Waals surface area (Å²) in [5, 5.41) is 5.36. The lowest BCUT2D eigenvalue weighted by Crippen LogP contribution is -2.43. The number of thioether (sulfide) groups is 1. The van der Waals surface area contributed by atoms with Crippen molar-refractivity contribution in [3.05, 3.63) is 15.8 Å². The topological polar surface area (TPSA) is 58.2 Å². The molecule has 2 rings (SSSR count). The third kappa shape index (κ3) is 4.01. The molecule has 2 unspecified atom stereocenters. The van der Waals surface area contributed by atoms with Gasteiger partial charge >= 0.3 is 0 Å². The van der Waals surface area contributed by atoms with Gasteiger partial charge in [-0.15, -0.1) is 11.3 Å². The zero-order chi connectivity index (χ0) is 15.5. The van der Waals surface area contributed by atoms with Crippen LogP contribution in [0.25, 0.3) is 0 Å². The van der Waals surface area contributed by atoms with E-state index in [1.54, 1.807) is 11.8 Å². The molecule has 1 aliphatic rings. The maximum absolute atomic E-state index is 12.8. The maximum atomic E-state index is 12.8. The lowest BCUT2D eigenvalue weighted by molar-refractivity contribution is 0.423. The van der Waals surface area contributed by atoms with Crippen LogP contribution in [0.3, 0.4) is 0 Å². The van der Waals surface area contributed by atoms with Gasteiger partial charge in [0.05, 0.1) is 0 Å². The maximum Gasteiger partial charge on any atom is 0.242 e. The van der Waals surface area contributed by atoms with E-state index >= 15 is 0 Å². The third-order valence-corrected chi connectivity index (χ3v) is 8.03. The average Bonchev–Trinajstić information content (AvgIpc) is 2.81. The van der Waals surface area contributed by atoms with E-state index in [1.807, 2.05) is 19.4 Å². The Morgan fingerprint density at radius 3 is 2.76 bits per heavy atom. The van der Waals surface area contributed by atoms with Crippen molar-refractivity contribution in [2.75, 3.05) is 13.3 Å². The summed E-state index contributed by atoms with van der Waals surface area (Å²) in [6, 6.07) is 0.0560. The van der Waals surface area contributed by atoms with Crippen molar-refractivity contribution in [1.82, 2.24) is 10.0 Å². The fourth-order valence-corrected chi connectivity index (χ4v) is 7.06. The Hall–Kier alpha value is -0.0800. The van der Waals surface area contributed by atoms with E-state index in [0.717, 1.165) is 29.7 Å². The first kappa shape index (κ1) is 17.3. The molecular weight excluding hydrogens is 324 g/mol. The molecule has 0 spiro atoms. The second-order valence-corrected chi connectivity index (χ2v) is 9.18. The van der Waals surface area contributed by atoms with Crippen LogP contribution in [-0.4, -0.2) is 33.0 Å². The molecule has 1 aromatic rings. The van der Waals surface area contributed by atoms with Crippen molar-refractivity contribution in [3.8, 4) is 0 Å². The normalized spacial score (nSPS) is 23.4. The van der Waals surface area contributed by atoms with Gasteiger partial charge in [-0.1, -0.05) is 12.8 Å². The lowest BCUT2D eigenvalue weighted by atomic mass is 9.96. The molecule has 2 atom stereocenters. The van der Waals surface area contributed by atoms with Crippen molar-refractivity contribution < 1.29 is 8.42 Å². The summed E-state index contributed by atoms with van der Waals surface area (Å²) in [6.45, 7) is 2.46. The predicted molar refractivity (Wildman–Crippen MR) is 91.7 cm³/mol. The molecular formula is C14H24N2O2S3. The van der Waals surface area contributed by atoms with Crippen LogP contribution in [0.15, 0.2) is 10.3 Å². The van der Waals surface area contributed by atoms with Crippen LogP contribution < -0.4 is 10.0 Å². The van der Waals surface area contributed by atoms with E-state index in [0.29, 0.717) is 16.7 Å². The number of nitrogens with one attached hydrogen (secondary N) is 2. The fourth-order valence-electron chi connectivity index (χ4n) is 2.90. The van der Waals surface area contributed by atoms with Crippen molar-refractivity contribution in [2.24, 2.45) is 0 Å². The number of sulfonamides is 1. The molecule has 0 amide bonds. The van der Waals surface area contributed by atoms with Crippen LogP contribution in [0, 0.1) is 6.92 Å².